The second-order valence-corrected chi connectivity index (χ2v) is 5.11. The maximum Gasteiger partial charge on any atom is 0.122 e. The topological polar surface area (TPSA) is 44.5 Å². The van der Waals surface area contributed by atoms with Gasteiger partial charge in [0.25, 0.3) is 0 Å². The van der Waals surface area contributed by atoms with Gasteiger partial charge in [-0.3, -0.25) is 0 Å². The van der Waals surface area contributed by atoms with E-state index < -0.39 is 0 Å². The lowest BCUT2D eigenvalue weighted by atomic mass is 9.98. The van der Waals surface area contributed by atoms with E-state index in [0.717, 1.165) is 36.3 Å². The average Bonchev–Trinajstić information content (AvgIpc) is 2.54. The predicted octanol–water partition coefficient (Wildman–Crippen LogP) is 3.13. The molecule has 0 saturated carbocycles. The molecule has 0 aliphatic heterocycles. The maximum atomic E-state index is 6.32. The largest absolute Gasteiger partial charge is 0.496 e. The zero-order valence-electron chi connectivity index (χ0n) is 12.7. The lowest BCUT2D eigenvalue weighted by Gasteiger charge is -2.15. The van der Waals surface area contributed by atoms with Crippen LogP contribution in [-0.4, -0.2) is 20.8 Å². The van der Waals surface area contributed by atoms with E-state index in [4.69, 9.17) is 15.2 Å². The Bertz CT molecular complexity index is 551. The molecule has 3 nitrogen and oxygen atoms in total. The third-order valence-electron chi connectivity index (χ3n) is 3.64. The third-order valence-corrected chi connectivity index (χ3v) is 3.64. The molecule has 1 atom stereocenters. The van der Waals surface area contributed by atoms with Crippen LogP contribution in [0, 0.1) is 0 Å². The fraction of sp³-hybridized carbons (Fsp3) is 0.333. The van der Waals surface area contributed by atoms with Crippen molar-refractivity contribution in [2.24, 2.45) is 5.73 Å². The zero-order valence-corrected chi connectivity index (χ0v) is 12.7. The standard InChI is InChI=1S/C18H23NO2/c1-20-12-11-14-7-9-15(10-8-14)17(19)13-16-5-3-4-6-18(16)21-2/h3-10,17H,11-13,19H2,1-2H3. The van der Waals surface area contributed by atoms with Crippen molar-refractivity contribution in [2.45, 2.75) is 18.9 Å². The van der Waals surface area contributed by atoms with Crippen molar-refractivity contribution in [1.29, 1.82) is 0 Å². The molecule has 0 amide bonds. The lowest BCUT2D eigenvalue weighted by molar-refractivity contribution is 0.202. The summed E-state index contributed by atoms with van der Waals surface area (Å²) in [5, 5.41) is 0. The van der Waals surface area contributed by atoms with Gasteiger partial charge in [0.1, 0.15) is 5.75 Å². The monoisotopic (exact) mass is 285 g/mol. The van der Waals surface area contributed by atoms with E-state index in [0.29, 0.717) is 0 Å². The number of nitrogens with two attached hydrogens (primary N) is 1. The quantitative estimate of drug-likeness (QED) is 0.850. The number of hydrogen-bond donors (Lipinski definition) is 1. The van der Waals surface area contributed by atoms with E-state index >= 15 is 0 Å². The molecule has 0 aliphatic carbocycles. The van der Waals surface area contributed by atoms with Crippen molar-refractivity contribution in [3.05, 3.63) is 65.2 Å². The van der Waals surface area contributed by atoms with Crippen LogP contribution in [-0.2, 0) is 17.6 Å². The Morgan fingerprint density at radius 2 is 1.71 bits per heavy atom. The molecule has 0 aliphatic rings. The van der Waals surface area contributed by atoms with Crippen LogP contribution >= 0.6 is 0 Å². The summed E-state index contributed by atoms with van der Waals surface area (Å²) in [5.74, 6) is 0.893. The van der Waals surface area contributed by atoms with Crippen molar-refractivity contribution in [1.82, 2.24) is 0 Å². The predicted molar refractivity (Wildman–Crippen MR) is 85.6 cm³/mol. The molecule has 0 fully saturated rings. The van der Waals surface area contributed by atoms with E-state index in [1.54, 1.807) is 14.2 Å². The van der Waals surface area contributed by atoms with Gasteiger partial charge in [-0.1, -0.05) is 42.5 Å². The van der Waals surface area contributed by atoms with E-state index in [9.17, 15) is 0 Å². The number of ether oxygens (including phenoxy) is 2. The molecule has 0 radical (unpaired) electrons. The molecular weight excluding hydrogens is 262 g/mol. The first-order valence-corrected chi connectivity index (χ1v) is 7.20. The highest BCUT2D eigenvalue weighted by Gasteiger charge is 2.10. The van der Waals surface area contributed by atoms with Crippen molar-refractivity contribution in [3.63, 3.8) is 0 Å². The lowest BCUT2D eigenvalue weighted by Crippen LogP contribution is -2.14. The molecule has 0 saturated heterocycles. The van der Waals surface area contributed by atoms with Gasteiger partial charge >= 0.3 is 0 Å². The van der Waals surface area contributed by atoms with Gasteiger partial charge in [0.2, 0.25) is 0 Å². The average molecular weight is 285 g/mol. The highest BCUT2D eigenvalue weighted by molar-refractivity contribution is 5.35. The van der Waals surface area contributed by atoms with Crippen LogP contribution in [0.15, 0.2) is 48.5 Å². The van der Waals surface area contributed by atoms with E-state index in [-0.39, 0.29) is 6.04 Å². The number of methoxy groups -OCH3 is 2. The summed E-state index contributed by atoms with van der Waals surface area (Å²) in [6.45, 7) is 0.743. The second kappa shape index (κ2) is 7.81. The number of hydrogen-bond acceptors (Lipinski definition) is 3. The normalized spacial score (nSPS) is 12.1. The van der Waals surface area contributed by atoms with Crippen LogP contribution in [0.3, 0.4) is 0 Å². The molecule has 2 aromatic rings. The minimum absolute atomic E-state index is 0.0298. The number of rotatable bonds is 7. The zero-order chi connectivity index (χ0) is 15.1. The van der Waals surface area contributed by atoms with E-state index in [1.807, 2.05) is 18.2 Å². The van der Waals surface area contributed by atoms with Crippen molar-refractivity contribution < 1.29 is 9.47 Å². The van der Waals surface area contributed by atoms with Gasteiger partial charge in [-0.05, 0) is 35.6 Å². The van der Waals surface area contributed by atoms with Crippen molar-refractivity contribution in [3.8, 4) is 5.75 Å². The Hall–Kier alpha value is -1.84. The van der Waals surface area contributed by atoms with Crippen LogP contribution in [0.5, 0.6) is 5.75 Å². The first-order chi connectivity index (χ1) is 10.2. The van der Waals surface area contributed by atoms with Crippen molar-refractivity contribution in [2.75, 3.05) is 20.8 Å². The number of para-hydroxylation sites is 1. The van der Waals surface area contributed by atoms with Gasteiger partial charge in [-0.15, -0.1) is 0 Å². The Morgan fingerprint density at radius 1 is 1.00 bits per heavy atom. The molecule has 0 heterocycles. The molecule has 21 heavy (non-hydrogen) atoms. The Morgan fingerprint density at radius 3 is 2.38 bits per heavy atom. The minimum atomic E-state index is -0.0298. The van der Waals surface area contributed by atoms with Crippen LogP contribution in [0.2, 0.25) is 0 Å². The first-order valence-electron chi connectivity index (χ1n) is 7.20. The summed E-state index contributed by atoms with van der Waals surface area (Å²) in [7, 11) is 3.41. The van der Waals surface area contributed by atoms with Gasteiger partial charge in [0.15, 0.2) is 0 Å². The van der Waals surface area contributed by atoms with Crippen LogP contribution < -0.4 is 10.5 Å². The summed E-state index contributed by atoms with van der Waals surface area (Å²) < 4.78 is 10.5. The summed E-state index contributed by atoms with van der Waals surface area (Å²) in [6.07, 6.45) is 1.69. The Labute approximate surface area is 126 Å². The molecule has 0 bridgehead atoms. The summed E-state index contributed by atoms with van der Waals surface area (Å²) >= 11 is 0. The van der Waals surface area contributed by atoms with Crippen LogP contribution in [0.4, 0.5) is 0 Å². The van der Waals surface area contributed by atoms with Gasteiger partial charge in [-0.25, -0.2) is 0 Å². The fourth-order valence-electron chi connectivity index (χ4n) is 2.38. The van der Waals surface area contributed by atoms with Gasteiger partial charge in [0, 0.05) is 13.2 Å². The van der Waals surface area contributed by atoms with Gasteiger partial charge in [0.05, 0.1) is 13.7 Å². The number of benzene rings is 2. The summed E-state index contributed by atoms with van der Waals surface area (Å²) in [6, 6.07) is 16.4. The van der Waals surface area contributed by atoms with Crippen LogP contribution in [0.1, 0.15) is 22.7 Å². The maximum absolute atomic E-state index is 6.32. The fourth-order valence-corrected chi connectivity index (χ4v) is 2.38. The molecular formula is C18H23NO2. The Kier molecular flexibility index (Phi) is 5.78. The molecule has 2 aromatic carbocycles. The molecule has 0 aromatic heterocycles. The molecule has 1 unspecified atom stereocenters. The molecule has 3 heteroatoms. The first kappa shape index (κ1) is 15.5. The minimum Gasteiger partial charge on any atom is -0.496 e. The van der Waals surface area contributed by atoms with Crippen LogP contribution in [0.25, 0.3) is 0 Å². The summed E-state index contributed by atoms with van der Waals surface area (Å²) in [5.41, 5.74) is 9.87. The third kappa shape index (κ3) is 4.31. The van der Waals surface area contributed by atoms with E-state index in [1.165, 1.54) is 5.56 Å². The Balaban J connectivity index is 2.04. The smallest absolute Gasteiger partial charge is 0.122 e. The van der Waals surface area contributed by atoms with Crippen molar-refractivity contribution >= 4 is 0 Å². The molecule has 2 N–H and O–H groups in total. The highest BCUT2D eigenvalue weighted by atomic mass is 16.5. The van der Waals surface area contributed by atoms with Gasteiger partial charge < -0.3 is 15.2 Å². The highest BCUT2D eigenvalue weighted by Crippen LogP contribution is 2.23. The summed E-state index contributed by atoms with van der Waals surface area (Å²) in [4.78, 5) is 0. The van der Waals surface area contributed by atoms with E-state index in [2.05, 4.69) is 30.3 Å². The van der Waals surface area contributed by atoms with Gasteiger partial charge in [-0.2, -0.15) is 0 Å². The SMILES string of the molecule is COCCc1ccc(C(N)Cc2ccccc2OC)cc1. The second-order valence-electron chi connectivity index (χ2n) is 5.11. The molecule has 112 valence electrons. The molecule has 2 rings (SSSR count). The molecule has 0 spiro atoms.